The highest BCUT2D eigenvalue weighted by atomic mass is 32.2. The second-order valence-electron chi connectivity index (χ2n) is 8.87. The second-order valence-corrected chi connectivity index (χ2v) is 9.87. The van der Waals surface area contributed by atoms with Crippen molar-refractivity contribution < 1.29 is 14.3 Å². The Morgan fingerprint density at radius 1 is 1.00 bits per heavy atom. The number of amidine groups is 1. The summed E-state index contributed by atoms with van der Waals surface area (Å²) in [4.78, 5) is 36.8. The summed E-state index contributed by atoms with van der Waals surface area (Å²) in [6, 6.07) is 28.2. The van der Waals surface area contributed by atoms with Gasteiger partial charge in [-0.15, -0.1) is 0 Å². The SMILES string of the molecule is Cc1ccc(NC(=O)COc2ccc(/C=C3/SC(=Nc4ccccc4)N(Cc4cccnc4)C3=O)cc2)cc1. The topological polar surface area (TPSA) is 83.9 Å². The molecule has 194 valence electrons. The van der Waals surface area contributed by atoms with Gasteiger partial charge < -0.3 is 10.1 Å². The van der Waals surface area contributed by atoms with E-state index in [1.807, 2.05) is 91.9 Å². The van der Waals surface area contributed by atoms with E-state index in [2.05, 4.69) is 10.3 Å². The molecule has 1 N–H and O–H groups in total. The summed E-state index contributed by atoms with van der Waals surface area (Å²) in [5.41, 5.74) is 4.38. The molecule has 0 spiro atoms. The maximum atomic E-state index is 13.4. The van der Waals surface area contributed by atoms with Gasteiger partial charge in [0.1, 0.15) is 5.75 Å². The van der Waals surface area contributed by atoms with E-state index in [-0.39, 0.29) is 18.4 Å². The van der Waals surface area contributed by atoms with Crippen LogP contribution in [0.3, 0.4) is 0 Å². The number of carbonyl (C=O) groups excluding carboxylic acids is 2. The molecule has 0 radical (unpaired) electrons. The molecule has 2 amide bonds. The van der Waals surface area contributed by atoms with Crippen LogP contribution in [0.15, 0.2) is 113 Å². The molecular weight excluding hydrogens is 508 g/mol. The molecule has 4 aromatic rings. The summed E-state index contributed by atoms with van der Waals surface area (Å²) in [7, 11) is 0. The predicted octanol–water partition coefficient (Wildman–Crippen LogP) is 6.21. The van der Waals surface area contributed by atoms with E-state index in [0.29, 0.717) is 22.4 Å². The minimum Gasteiger partial charge on any atom is -0.484 e. The molecule has 0 atom stereocenters. The summed E-state index contributed by atoms with van der Waals surface area (Å²) in [5, 5.41) is 3.43. The number of nitrogens with one attached hydrogen (secondary N) is 1. The Bertz CT molecular complexity index is 1500. The number of ether oxygens (including phenoxy) is 1. The molecule has 7 nitrogen and oxygen atoms in total. The van der Waals surface area contributed by atoms with E-state index in [9.17, 15) is 9.59 Å². The molecule has 1 aliphatic rings. The minimum atomic E-state index is -0.239. The molecule has 1 fully saturated rings. The number of amides is 2. The number of aryl methyl sites for hydroxylation is 1. The van der Waals surface area contributed by atoms with Gasteiger partial charge in [-0.2, -0.15) is 0 Å². The van der Waals surface area contributed by atoms with Crippen molar-refractivity contribution in [3.63, 3.8) is 0 Å². The number of nitrogens with zero attached hydrogens (tertiary/aromatic N) is 3. The maximum absolute atomic E-state index is 13.4. The number of para-hydroxylation sites is 1. The molecule has 1 aliphatic heterocycles. The van der Waals surface area contributed by atoms with Crippen LogP contribution in [0.4, 0.5) is 11.4 Å². The number of pyridine rings is 1. The molecule has 1 saturated heterocycles. The molecule has 8 heteroatoms. The fourth-order valence-electron chi connectivity index (χ4n) is 3.81. The van der Waals surface area contributed by atoms with E-state index in [4.69, 9.17) is 9.73 Å². The van der Waals surface area contributed by atoms with Gasteiger partial charge in [0.2, 0.25) is 0 Å². The van der Waals surface area contributed by atoms with Crippen molar-refractivity contribution in [2.24, 2.45) is 4.99 Å². The van der Waals surface area contributed by atoms with Gasteiger partial charge in [-0.3, -0.25) is 19.5 Å². The summed E-state index contributed by atoms with van der Waals surface area (Å²) in [6.07, 6.45) is 5.29. The van der Waals surface area contributed by atoms with E-state index < -0.39 is 0 Å². The van der Waals surface area contributed by atoms with Crippen molar-refractivity contribution in [1.29, 1.82) is 0 Å². The average Bonchev–Trinajstić information content (AvgIpc) is 3.24. The summed E-state index contributed by atoms with van der Waals surface area (Å²) >= 11 is 1.34. The van der Waals surface area contributed by atoms with Crippen molar-refractivity contribution in [2.45, 2.75) is 13.5 Å². The largest absolute Gasteiger partial charge is 0.484 e. The third kappa shape index (κ3) is 7.00. The molecule has 39 heavy (non-hydrogen) atoms. The first-order valence-electron chi connectivity index (χ1n) is 12.4. The maximum Gasteiger partial charge on any atom is 0.267 e. The molecule has 0 bridgehead atoms. The first kappa shape index (κ1) is 25.9. The number of thioether (sulfide) groups is 1. The highest BCUT2D eigenvalue weighted by molar-refractivity contribution is 8.18. The first-order valence-corrected chi connectivity index (χ1v) is 13.2. The van der Waals surface area contributed by atoms with Crippen molar-refractivity contribution in [3.05, 3.63) is 125 Å². The average molecular weight is 535 g/mol. The summed E-state index contributed by atoms with van der Waals surface area (Å²) in [6.45, 7) is 2.26. The van der Waals surface area contributed by atoms with Crippen molar-refractivity contribution in [3.8, 4) is 5.75 Å². The molecule has 3 aromatic carbocycles. The van der Waals surface area contributed by atoms with Crippen LogP contribution in [0.25, 0.3) is 6.08 Å². The summed E-state index contributed by atoms with van der Waals surface area (Å²) in [5.74, 6) is 0.203. The standard InChI is InChI=1S/C31H26N4O3S/c1-22-9-13-26(14-10-22)33-29(36)21-38-27-15-11-23(12-16-27)18-28-30(37)35(20-24-6-5-17-32-19-24)31(39-28)34-25-7-3-2-4-8-25/h2-19H,20-21H2,1H3,(H,33,36)/b28-18+,34-31?. The van der Waals surface area contributed by atoms with Gasteiger partial charge in [0.25, 0.3) is 11.8 Å². The fraction of sp³-hybridized carbons (Fsp3) is 0.0968. The van der Waals surface area contributed by atoms with Crippen LogP contribution in [-0.2, 0) is 16.1 Å². The van der Waals surface area contributed by atoms with Crippen molar-refractivity contribution >= 4 is 46.2 Å². The third-order valence-electron chi connectivity index (χ3n) is 5.82. The molecule has 0 unspecified atom stereocenters. The van der Waals surface area contributed by atoms with Crippen LogP contribution in [0.5, 0.6) is 5.75 Å². The monoisotopic (exact) mass is 534 g/mol. The molecule has 0 aliphatic carbocycles. The molecular formula is C31H26N4O3S. The number of rotatable bonds is 8. The van der Waals surface area contributed by atoms with Crippen LogP contribution in [0.1, 0.15) is 16.7 Å². The number of anilines is 1. The Morgan fingerprint density at radius 3 is 2.49 bits per heavy atom. The Hall–Kier alpha value is -4.69. The lowest BCUT2D eigenvalue weighted by Crippen LogP contribution is -2.28. The lowest BCUT2D eigenvalue weighted by atomic mass is 10.2. The lowest BCUT2D eigenvalue weighted by molar-refractivity contribution is -0.122. The molecule has 1 aromatic heterocycles. The predicted molar refractivity (Wildman–Crippen MR) is 156 cm³/mol. The van der Waals surface area contributed by atoms with Gasteiger partial charge in [0.05, 0.1) is 17.1 Å². The van der Waals surface area contributed by atoms with Crippen molar-refractivity contribution in [1.82, 2.24) is 9.88 Å². The first-order chi connectivity index (χ1) is 19.0. The van der Waals surface area contributed by atoms with E-state index in [0.717, 1.165) is 28.1 Å². The van der Waals surface area contributed by atoms with Crippen LogP contribution in [0.2, 0.25) is 0 Å². The summed E-state index contributed by atoms with van der Waals surface area (Å²) < 4.78 is 5.64. The zero-order valence-corrected chi connectivity index (χ0v) is 22.1. The van der Waals surface area contributed by atoms with Gasteiger partial charge in [-0.25, -0.2) is 4.99 Å². The Kier molecular flexibility index (Phi) is 8.14. The van der Waals surface area contributed by atoms with Gasteiger partial charge in [-0.1, -0.05) is 54.1 Å². The lowest BCUT2D eigenvalue weighted by Gasteiger charge is -2.15. The number of hydrogen-bond acceptors (Lipinski definition) is 6. The smallest absolute Gasteiger partial charge is 0.267 e. The highest BCUT2D eigenvalue weighted by Crippen LogP contribution is 2.35. The number of aliphatic imine (C=N–C) groups is 1. The zero-order chi connectivity index (χ0) is 27.0. The van der Waals surface area contributed by atoms with E-state index in [1.165, 1.54) is 11.8 Å². The Labute approximate surface area is 231 Å². The van der Waals surface area contributed by atoms with E-state index >= 15 is 0 Å². The third-order valence-corrected chi connectivity index (χ3v) is 6.82. The second kappa shape index (κ2) is 12.2. The number of carbonyl (C=O) groups is 2. The molecule has 0 saturated carbocycles. The highest BCUT2D eigenvalue weighted by Gasteiger charge is 2.33. The van der Waals surface area contributed by atoms with Crippen LogP contribution >= 0.6 is 11.8 Å². The number of benzene rings is 3. The van der Waals surface area contributed by atoms with Gasteiger partial charge >= 0.3 is 0 Å². The van der Waals surface area contributed by atoms with Crippen molar-refractivity contribution in [2.75, 3.05) is 11.9 Å². The van der Waals surface area contributed by atoms with E-state index in [1.54, 1.807) is 29.4 Å². The normalized spacial score (nSPS) is 15.1. The van der Waals surface area contributed by atoms with Gasteiger partial charge in [-0.05, 0) is 78.4 Å². The Morgan fingerprint density at radius 2 is 1.77 bits per heavy atom. The fourth-order valence-corrected chi connectivity index (χ4v) is 4.81. The number of hydrogen-bond donors (Lipinski definition) is 1. The molecule has 2 heterocycles. The van der Waals surface area contributed by atoms with Crippen LogP contribution < -0.4 is 10.1 Å². The van der Waals surface area contributed by atoms with Gasteiger partial charge in [0, 0.05) is 18.1 Å². The zero-order valence-electron chi connectivity index (χ0n) is 21.3. The number of aromatic nitrogens is 1. The quantitative estimate of drug-likeness (QED) is 0.272. The molecule has 5 rings (SSSR count). The minimum absolute atomic E-state index is 0.106. The van der Waals surface area contributed by atoms with Gasteiger partial charge in [0.15, 0.2) is 11.8 Å². The van der Waals surface area contributed by atoms with Crippen LogP contribution in [0, 0.1) is 6.92 Å². The van der Waals surface area contributed by atoms with Crippen LogP contribution in [-0.4, -0.2) is 33.5 Å². The Balaban J connectivity index is 1.27.